The summed E-state index contributed by atoms with van der Waals surface area (Å²) in [7, 11) is -12.3. The fraction of sp³-hybridized carbons (Fsp3) is 0.250. The van der Waals surface area contributed by atoms with E-state index < -0.39 is 55.6 Å². The molecule has 0 atom stereocenters. The van der Waals surface area contributed by atoms with E-state index in [0.29, 0.717) is 12.2 Å². The van der Waals surface area contributed by atoms with Crippen LogP contribution in [0, 0.1) is 0 Å². The Morgan fingerprint density at radius 3 is 2.16 bits per heavy atom. The lowest BCUT2D eigenvalue weighted by molar-refractivity contribution is -0.0934. The molecule has 0 saturated carbocycles. The number of carbonyl (C=O) groups is 1. The van der Waals surface area contributed by atoms with Crippen molar-refractivity contribution in [3.63, 3.8) is 0 Å². The van der Waals surface area contributed by atoms with Crippen LogP contribution in [0.15, 0.2) is 64.4 Å². The van der Waals surface area contributed by atoms with Gasteiger partial charge in [0.05, 0.1) is 16.1 Å². The lowest BCUT2D eigenvalue weighted by Crippen LogP contribution is -2.27. The van der Waals surface area contributed by atoms with Gasteiger partial charge >= 0.3 is 16.4 Å². The van der Waals surface area contributed by atoms with Crippen LogP contribution in [0.25, 0.3) is 0 Å². The lowest BCUT2D eigenvalue weighted by atomic mass is 10.1. The molecule has 0 unspecified atom stereocenters. The molecule has 214 valence electrons. The highest BCUT2D eigenvalue weighted by molar-refractivity contribution is 8.45. The van der Waals surface area contributed by atoms with E-state index in [2.05, 4.69) is 17.4 Å². The van der Waals surface area contributed by atoms with E-state index in [-0.39, 0.29) is 34.0 Å². The standard InChI is InChI=1S/C20H21F8N3O4S3/c1-13(20(21,22)23)10-11-29-19(32)17-12-15(37(3,33)34)6-9-18(17)30-35-36-31(2)14-4-7-16(8-5-14)38(24,25,26,27)28/h4-9,12,30H,1,10-11H2,2-3H3,(H,29,32). The summed E-state index contributed by atoms with van der Waals surface area (Å²) in [4.78, 5) is 10.2. The number of nitrogens with zero attached hydrogens (tertiary/aromatic N) is 1. The van der Waals surface area contributed by atoms with E-state index in [9.17, 15) is 45.8 Å². The van der Waals surface area contributed by atoms with Gasteiger partial charge < -0.3 is 5.32 Å². The first-order chi connectivity index (χ1) is 17.0. The summed E-state index contributed by atoms with van der Waals surface area (Å²) in [5.41, 5.74) is 0.838. The minimum atomic E-state index is -9.84. The normalized spacial score (nSPS) is 14.3. The SMILES string of the molecule is C=C(CCNC(=O)c1cc(S(C)(=O)=O)ccc1NOSN(C)c1ccc(S(F)(F)(F)(F)F)cc1)C(F)(F)F. The van der Waals surface area contributed by atoms with Crippen LogP contribution in [0.1, 0.15) is 16.8 Å². The zero-order valence-corrected chi connectivity index (χ0v) is 21.9. The molecule has 2 aromatic carbocycles. The Hall–Kier alpha value is -2.70. The average Bonchev–Trinajstić information content (AvgIpc) is 2.76. The van der Waals surface area contributed by atoms with Crippen LogP contribution in [0.3, 0.4) is 0 Å². The van der Waals surface area contributed by atoms with Crippen molar-refractivity contribution in [3.8, 4) is 0 Å². The van der Waals surface area contributed by atoms with Gasteiger partial charge in [0.15, 0.2) is 9.84 Å². The van der Waals surface area contributed by atoms with Crippen molar-refractivity contribution >= 4 is 49.6 Å². The summed E-state index contributed by atoms with van der Waals surface area (Å²) >= 11 is 0.467. The minimum absolute atomic E-state index is 0.0256. The molecule has 18 heteroatoms. The van der Waals surface area contributed by atoms with Crippen molar-refractivity contribution in [1.82, 2.24) is 5.32 Å². The van der Waals surface area contributed by atoms with Crippen molar-refractivity contribution in [2.45, 2.75) is 22.4 Å². The van der Waals surface area contributed by atoms with Crippen LogP contribution in [0.2, 0.25) is 0 Å². The molecular weight excluding hydrogens is 594 g/mol. The van der Waals surface area contributed by atoms with Gasteiger partial charge in [0.2, 0.25) is 0 Å². The number of nitrogens with one attached hydrogen (secondary N) is 2. The second-order valence-corrected chi connectivity index (χ2v) is 13.1. The molecule has 2 rings (SSSR count). The molecule has 0 heterocycles. The fourth-order valence-corrected chi connectivity index (χ4v) is 4.41. The number of hydrogen-bond acceptors (Lipinski definition) is 7. The third kappa shape index (κ3) is 8.95. The largest absolute Gasteiger partial charge is 0.412 e. The zero-order chi connectivity index (χ0) is 29.2. The molecule has 0 aliphatic carbocycles. The highest BCUT2D eigenvalue weighted by atomic mass is 32.5. The Balaban J connectivity index is 2.13. The molecule has 0 radical (unpaired) electrons. The first kappa shape index (κ1) is 31.5. The molecule has 0 saturated heterocycles. The third-order valence-electron chi connectivity index (χ3n) is 4.72. The molecule has 0 aliphatic heterocycles. The summed E-state index contributed by atoms with van der Waals surface area (Å²) in [6.45, 7) is 2.41. The second kappa shape index (κ2) is 10.1. The summed E-state index contributed by atoms with van der Waals surface area (Å²) in [6.07, 6.45) is -4.41. The van der Waals surface area contributed by atoms with Crippen molar-refractivity contribution in [2.24, 2.45) is 0 Å². The van der Waals surface area contributed by atoms with Crippen LogP contribution in [0.4, 0.5) is 44.0 Å². The summed E-state index contributed by atoms with van der Waals surface area (Å²) < 4.78 is 132. The molecule has 2 aromatic rings. The van der Waals surface area contributed by atoms with Crippen molar-refractivity contribution in [2.75, 3.05) is 29.6 Å². The summed E-state index contributed by atoms with van der Waals surface area (Å²) in [5.74, 6) is -0.943. The van der Waals surface area contributed by atoms with E-state index in [1.807, 2.05) is 0 Å². The van der Waals surface area contributed by atoms with E-state index in [1.165, 1.54) is 7.05 Å². The molecule has 0 aromatic heterocycles. The van der Waals surface area contributed by atoms with Crippen molar-refractivity contribution in [3.05, 3.63) is 60.2 Å². The highest BCUT2D eigenvalue weighted by Crippen LogP contribution is 3.02. The van der Waals surface area contributed by atoms with Crippen molar-refractivity contribution in [1.29, 1.82) is 0 Å². The van der Waals surface area contributed by atoms with Gasteiger partial charge in [-0.15, -0.1) is 0 Å². The monoisotopic (exact) mass is 615 g/mol. The van der Waals surface area contributed by atoms with Crippen molar-refractivity contribution < 1.29 is 50.1 Å². The van der Waals surface area contributed by atoms with Crippen LogP contribution in [0.5, 0.6) is 0 Å². The maximum atomic E-state index is 12.9. The first-order valence-corrected chi connectivity index (χ1v) is 14.6. The van der Waals surface area contributed by atoms with E-state index in [0.717, 1.165) is 40.9 Å². The molecule has 0 fully saturated rings. The Morgan fingerprint density at radius 2 is 1.66 bits per heavy atom. The van der Waals surface area contributed by atoms with Gasteiger partial charge in [0.25, 0.3) is 5.91 Å². The van der Waals surface area contributed by atoms with Gasteiger partial charge in [0.1, 0.15) is 17.1 Å². The van der Waals surface area contributed by atoms with Crippen LogP contribution < -0.4 is 15.1 Å². The van der Waals surface area contributed by atoms with Gasteiger partial charge in [-0.3, -0.25) is 14.6 Å². The number of anilines is 2. The minimum Gasteiger partial charge on any atom is -0.352 e. The Morgan fingerprint density at radius 1 is 1.08 bits per heavy atom. The van der Waals surface area contributed by atoms with E-state index in [1.54, 1.807) is 0 Å². The van der Waals surface area contributed by atoms with E-state index in [4.69, 9.17) is 4.28 Å². The second-order valence-electron chi connectivity index (χ2n) is 7.81. The summed E-state index contributed by atoms with van der Waals surface area (Å²) in [6, 6.07) is 5.20. The quantitative estimate of drug-likeness (QED) is 0.0923. The highest BCUT2D eigenvalue weighted by Gasteiger charge is 2.65. The molecule has 38 heavy (non-hydrogen) atoms. The third-order valence-corrected chi connectivity index (χ3v) is 7.59. The van der Waals surface area contributed by atoms with Gasteiger partial charge in [-0.05, 0) is 48.9 Å². The number of alkyl halides is 3. The number of benzene rings is 2. The maximum Gasteiger partial charge on any atom is 0.412 e. The Labute approximate surface area is 217 Å². The molecule has 1 amide bonds. The first-order valence-electron chi connectivity index (χ1n) is 10.0. The number of halogens is 8. The molecule has 0 spiro atoms. The fourth-order valence-electron chi connectivity index (χ4n) is 2.67. The predicted octanol–water partition coefficient (Wildman–Crippen LogP) is 7.03. The topological polar surface area (TPSA) is 87.7 Å². The van der Waals surface area contributed by atoms with Gasteiger partial charge in [-0.25, -0.2) is 8.42 Å². The lowest BCUT2D eigenvalue weighted by Gasteiger charge is -2.40. The molecule has 7 nitrogen and oxygen atoms in total. The molecule has 2 N–H and O–H groups in total. The molecular formula is C20H21F8N3O4S3. The predicted molar refractivity (Wildman–Crippen MR) is 130 cm³/mol. The number of rotatable bonds is 11. The maximum absolute atomic E-state index is 12.9. The molecule has 0 bridgehead atoms. The Kier molecular flexibility index (Phi) is 8.40. The number of sulfone groups is 1. The molecule has 0 aliphatic rings. The smallest absolute Gasteiger partial charge is 0.352 e. The van der Waals surface area contributed by atoms with Crippen LogP contribution in [-0.2, 0) is 14.1 Å². The van der Waals surface area contributed by atoms with Gasteiger partial charge in [0, 0.05) is 31.1 Å². The van der Waals surface area contributed by atoms with Gasteiger partial charge in [-0.1, -0.05) is 26.0 Å². The van der Waals surface area contributed by atoms with Gasteiger partial charge in [-0.2, -0.15) is 17.5 Å². The van der Waals surface area contributed by atoms with Crippen LogP contribution >= 0.6 is 22.5 Å². The van der Waals surface area contributed by atoms with Crippen LogP contribution in [-0.4, -0.2) is 40.3 Å². The number of carbonyl (C=O) groups excluding carboxylic acids is 1. The number of amides is 1. The summed E-state index contributed by atoms with van der Waals surface area (Å²) in [5, 5.41) is 2.21. The zero-order valence-electron chi connectivity index (χ0n) is 19.5. The Bertz CT molecular complexity index is 1320. The average molecular weight is 616 g/mol. The van der Waals surface area contributed by atoms with E-state index >= 15 is 0 Å². The number of hydrogen-bond donors (Lipinski definition) is 2.